The molecule has 0 amide bonds. The summed E-state index contributed by atoms with van der Waals surface area (Å²) in [7, 11) is 1.61. The number of benzene rings is 1. The minimum absolute atomic E-state index is 0.121. The summed E-state index contributed by atoms with van der Waals surface area (Å²) >= 11 is 0. The van der Waals surface area contributed by atoms with Gasteiger partial charge in [0, 0.05) is 23.5 Å². The van der Waals surface area contributed by atoms with Gasteiger partial charge in [-0.05, 0) is 30.3 Å². The first-order valence-electron chi connectivity index (χ1n) is 6.51. The van der Waals surface area contributed by atoms with Crippen LogP contribution < -0.4 is 4.74 Å². The monoisotopic (exact) mass is 269 g/mol. The number of methoxy groups -OCH3 is 1. The number of ketones is 1. The molecule has 4 nitrogen and oxygen atoms in total. The van der Waals surface area contributed by atoms with E-state index in [1.807, 2.05) is 31.2 Å². The highest BCUT2D eigenvalue weighted by molar-refractivity contribution is 6.15. The summed E-state index contributed by atoms with van der Waals surface area (Å²) in [6.45, 7) is 1.99. The second-order valence-electron chi connectivity index (χ2n) is 4.56. The molecule has 0 fully saturated rings. The Kier molecular flexibility index (Phi) is 3.06. The number of fused-ring (bicyclic) bond motifs is 1. The molecule has 3 rings (SSSR count). The number of rotatable bonds is 4. The van der Waals surface area contributed by atoms with E-state index in [0.717, 1.165) is 28.8 Å². The number of aromatic amines is 1. The quantitative estimate of drug-likeness (QED) is 0.737. The van der Waals surface area contributed by atoms with Crippen molar-refractivity contribution < 1.29 is 13.9 Å². The van der Waals surface area contributed by atoms with Gasteiger partial charge in [-0.2, -0.15) is 0 Å². The van der Waals surface area contributed by atoms with E-state index in [9.17, 15) is 4.79 Å². The number of carbonyl (C=O) groups is 1. The molecule has 0 saturated heterocycles. The fourth-order valence-corrected chi connectivity index (χ4v) is 2.24. The molecule has 1 aromatic carbocycles. The van der Waals surface area contributed by atoms with Gasteiger partial charge in [-0.3, -0.25) is 4.79 Å². The number of hydrogen-bond donors (Lipinski definition) is 1. The van der Waals surface area contributed by atoms with Crippen LogP contribution in [-0.2, 0) is 6.42 Å². The standard InChI is InChI=1S/C16H15NO3/c1-3-10-5-7-15(20-10)16(18)13-9-17-14-6-4-11(19-2)8-12(13)14/h4-9,17H,3H2,1-2H3. The lowest BCUT2D eigenvalue weighted by atomic mass is 10.1. The van der Waals surface area contributed by atoms with Gasteiger partial charge in [0.1, 0.15) is 11.5 Å². The van der Waals surface area contributed by atoms with Crippen LogP contribution in [-0.4, -0.2) is 17.9 Å². The van der Waals surface area contributed by atoms with E-state index in [-0.39, 0.29) is 5.78 Å². The van der Waals surface area contributed by atoms with Crippen LogP contribution in [0.1, 0.15) is 28.8 Å². The van der Waals surface area contributed by atoms with E-state index in [2.05, 4.69) is 4.98 Å². The minimum atomic E-state index is -0.121. The van der Waals surface area contributed by atoms with E-state index in [1.165, 1.54) is 0 Å². The number of aryl methyl sites for hydroxylation is 1. The Labute approximate surface area is 116 Å². The normalized spacial score (nSPS) is 10.9. The molecule has 0 spiro atoms. The van der Waals surface area contributed by atoms with Crippen molar-refractivity contribution in [2.45, 2.75) is 13.3 Å². The number of ether oxygens (including phenoxy) is 1. The minimum Gasteiger partial charge on any atom is -0.497 e. The van der Waals surface area contributed by atoms with Crippen molar-refractivity contribution in [1.82, 2.24) is 4.98 Å². The third-order valence-electron chi connectivity index (χ3n) is 3.37. The first-order chi connectivity index (χ1) is 9.72. The fraction of sp³-hybridized carbons (Fsp3) is 0.188. The molecule has 2 aromatic heterocycles. The summed E-state index contributed by atoms with van der Waals surface area (Å²) in [5, 5.41) is 0.837. The zero-order chi connectivity index (χ0) is 14.1. The van der Waals surface area contributed by atoms with Crippen LogP contribution in [0.4, 0.5) is 0 Å². The zero-order valence-corrected chi connectivity index (χ0v) is 11.4. The van der Waals surface area contributed by atoms with Gasteiger partial charge in [-0.15, -0.1) is 0 Å². The van der Waals surface area contributed by atoms with Crippen LogP contribution in [0.2, 0.25) is 0 Å². The lowest BCUT2D eigenvalue weighted by Gasteiger charge is -2.00. The average molecular weight is 269 g/mol. The molecule has 0 saturated carbocycles. The van der Waals surface area contributed by atoms with Gasteiger partial charge in [-0.1, -0.05) is 6.92 Å². The van der Waals surface area contributed by atoms with Crippen molar-refractivity contribution >= 4 is 16.7 Å². The van der Waals surface area contributed by atoms with Crippen molar-refractivity contribution in [3.8, 4) is 5.75 Å². The summed E-state index contributed by atoms with van der Waals surface area (Å²) in [6.07, 6.45) is 2.48. The highest BCUT2D eigenvalue weighted by atomic mass is 16.5. The Morgan fingerprint density at radius 3 is 2.85 bits per heavy atom. The molecule has 0 aliphatic heterocycles. The molecule has 2 heterocycles. The molecule has 1 N–H and O–H groups in total. The first-order valence-corrected chi connectivity index (χ1v) is 6.51. The van der Waals surface area contributed by atoms with Crippen molar-refractivity contribution in [2.75, 3.05) is 7.11 Å². The van der Waals surface area contributed by atoms with Crippen LogP contribution in [0.5, 0.6) is 5.75 Å². The summed E-state index contributed by atoms with van der Waals surface area (Å²) < 4.78 is 10.7. The van der Waals surface area contributed by atoms with Gasteiger partial charge in [-0.25, -0.2) is 0 Å². The molecule has 20 heavy (non-hydrogen) atoms. The second kappa shape index (κ2) is 4.89. The van der Waals surface area contributed by atoms with Gasteiger partial charge in [0.25, 0.3) is 0 Å². The Morgan fingerprint density at radius 1 is 1.30 bits per heavy atom. The van der Waals surface area contributed by atoms with Gasteiger partial charge in [0.2, 0.25) is 5.78 Å². The zero-order valence-electron chi connectivity index (χ0n) is 11.4. The molecule has 3 aromatic rings. The summed E-state index contributed by atoms with van der Waals surface area (Å²) in [4.78, 5) is 15.6. The molecular weight excluding hydrogens is 254 g/mol. The van der Waals surface area contributed by atoms with Crippen molar-refractivity contribution in [3.05, 3.63) is 53.6 Å². The molecule has 0 bridgehead atoms. The van der Waals surface area contributed by atoms with Crippen molar-refractivity contribution in [2.24, 2.45) is 0 Å². The van der Waals surface area contributed by atoms with Gasteiger partial charge in [0.15, 0.2) is 5.76 Å². The Hall–Kier alpha value is -2.49. The Bertz CT molecular complexity index is 767. The van der Waals surface area contributed by atoms with E-state index in [4.69, 9.17) is 9.15 Å². The molecule has 0 unspecified atom stereocenters. The maximum Gasteiger partial charge on any atom is 0.230 e. The van der Waals surface area contributed by atoms with Crippen LogP contribution >= 0.6 is 0 Å². The number of H-pyrrole nitrogens is 1. The summed E-state index contributed by atoms with van der Waals surface area (Å²) in [5.74, 6) is 1.78. The molecular formula is C16H15NO3. The average Bonchev–Trinajstić information content (AvgIpc) is 3.12. The molecule has 102 valence electrons. The second-order valence-corrected chi connectivity index (χ2v) is 4.56. The molecule has 0 radical (unpaired) electrons. The number of carbonyl (C=O) groups excluding carboxylic acids is 1. The SMILES string of the molecule is CCc1ccc(C(=O)c2c[nH]c3ccc(OC)cc23)o1. The predicted octanol–water partition coefficient (Wildman–Crippen LogP) is 3.56. The highest BCUT2D eigenvalue weighted by Gasteiger charge is 2.17. The van der Waals surface area contributed by atoms with Crippen LogP contribution in [0.15, 0.2) is 40.9 Å². The van der Waals surface area contributed by atoms with E-state index >= 15 is 0 Å². The topological polar surface area (TPSA) is 55.2 Å². The highest BCUT2D eigenvalue weighted by Crippen LogP contribution is 2.26. The smallest absolute Gasteiger partial charge is 0.230 e. The third kappa shape index (κ3) is 1.99. The first kappa shape index (κ1) is 12.5. The molecule has 0 atom stereocenters. The van der Waals surface area contributed by atoms with Crippen molar-refractivity contribution in [1.29, 1.82) is 0 Å². The van der Waals surface area contributed by atoms with E-state index in [0.29, 0.717) is 11.3 Å². The number of nitrogens with one attached hydrogen (secondary N) is 1. The lowest BCUT2D eigenvalue weighted by molar-refractivity contribution is 0.101. The largest absolute Gasteiger partial charge is 0.497 e. The van der Waals surface area contributed by atoms with Gasteiger partial charge >= 0.3 is 0 Å². The fourth-order valence-electron chi connectivity index (χ4n) is 2.24. The number of aromatic nitrogens is 1. The van der Waals surface area contributed by atoms with E-state index < -0.39 is 0 Å². The van der Waals surface area contributed by atoms with Gasteiger partial charge < -0.3 is 14.1 Å². The van der Waals surface area contributed by atoms with Crippen LogP contribution in [0, 0.1) is 0 Å². The predicted molar refractivity (Wildman–Crippen MR) is 76.4 cm³/mol. The number of hydrogen-bond acceptors (Lipinski definition) is 3. The maximum atomic E-state index is 12.5. The van der Waals surface area contributed by atoms with Crippen LogP contribution in [0.25, 0.3) is 10.9 Å². The molecule has 0 aliphatic rings. The van der Waals surface area contributed by atoms with E-state index in [1.54, 1.807) is 19.4 Å². The maximum absolute atomic E-state index is 12.5. The third-order valence-corrected chi connectivity index (χ3v) is 3.37. The van der Waals surface area contributed by atoms with Crippen molar-refractivity contribution in [3.63, 3.8) is 0 Å². The van der Waals surface area contributed by atoms with Crippen LogP contribution in [0.3, 0.4) is 0 Å². The number of furan rings is 1. The summed E-state index contributed by atoms with van der Waals surface area (Å²) in [5.41, 5.74) is 1.49. The summed E-state index contributed by atoms with van der Waals surface area (Å²) in [6, 6.07) is 9.16. The Balaban J connectivity index is 2.06. The lowest BCUT2D eigenvalue weighted by Crippen LogP contribution is -1.98. The molecule has 0 aliphatic carbocycles. The Morgan fingerprint density at radius 2 is 2.15 bits per heavy atom. The molecule has 4 heteroatoms. The van der Waals surface area contributed by atoms with Gasteiger partial charge in [0.05, 0.1) is 12.7 Å².